The van der Waals surface area contributed by atoms with E-state index in [1.54, 1.807) is 43.8 Å². The minimum Gasteiger partial charge on any atom is -0.493 e. The van der Waals surface area contributed by atoms with E-state index in [0.717, 1.165) is 0 Å². The Labute approximate surface area is 116 Å². The number of methoxy groups -OCH3 is 2. The number of carbonyl (C=O) groups is 1. The smallest absolute Gasteiger partial charge is 0.326 e. The summed E-state index contributed by atoms with van der Waals surface area (Å²) in [5.74, 6) is 1.34. The van der Waals surface area contributed by atoms with Gasteiger partial charge in [-0.3, -0.25) is 5.32 Å². The molecule has 1 heterocycles. The van der Waals surface area contributed by atoms with Crippen molar-refractivity contribution in [3.63, 3.8) is 0 Å². The van der Waals surface area contributed by atoms with Crippen LogP contribution < -0.4 is 20.1 Å². The van der Waals surface area contributed by atoms with Gasteiger partial charge in [0.2, 0.25) is 5.95 Å². The standard InChI is InChI=1S/C13H14N4O3/c1-19-10-5-4-9(8-11(10)20-2)16-13(18)17-12-14-6-3-7-15-12/h3-8H,1-2H3,(H2,14,15,16,17,18). The fourth-order valence-corrected chi connectivity index (χ4v) is 1.54. The summed E-state index contributed by atoms with van der Waals surface area (Å²) in [6, 6.07) is 6.28. The number of hydrogen-bond donors (Lipinski definition) is 2. The molecule has 0 aliphatic carbocycles. The Balaban J connectivity index is 2.04. The average molecular weight is 274 g/mol. The van der Waals surface area contributed by atoms with Gasteiger partial charge in [0.25, 0.3) is 0 Å². The van der Waals surface area contributed by atoms with Crippen LogP contribution in [0.3, 0.4) is 0 Å². The molecule has 7 heteroatoms. The maximum atomic E-state index is 11.8. The monoisotopic (exact) mass is 274 g/mol. The molecule has 2 aromatic rings. The molecule has 0 bridgehead atoms. The van der Waals surface area contributed by atoms with E-state index < -0.39 is 6.03 Å². The van der Waals surface area contributed by atoms with Gasteiger partial charge in [0.05, 0.1) is 14.2 Å². The van der Waals surface area contributed by atoms with Crippen molar-refractivity contribution in [2.24, 2.45) is 0 Å². The first-order chi connectivity index (χ1) is 9.72. The van der Waals surface area contributed by atoms with Crippen LogP contribution in [0.4, 0.5) is 16.4 Å². The van der Waals surface area contributed by atoms with Gasteiger partial charge in [0, 0.05) is 24.1 Å². The van der Waals surface area contributed by atoms with E-state index in [9.17, 15) is 4.79 Å². The number of benzene rings is 1. The maximum Gasteiger partial charge on any atom is 0.326 e. The van der Waals surface area contributed by atoms with Crippen LogP contribution in [0.5, 0.6) is 11.5 Å². The third kappa shape index (κ3) is 3.35. The zero-order valence-electron chi connectivity index (χ0n) is 11.1. The first-order valence-corrected chi connectivity index (χ1v) is 5.80. The molecule has 0 saturated heterocycles. The molecule has 0 atom stereocenters. The predicted octanol–water partition coefficient (Wildman–Crippen LogP) is 2.14. The number of nitrogens with zero attached hydrogens (tertiary/aromatic N) is 2. The Morgan fingerprint density at radius 2 is 1.75 bits per heavy atom. The Morgan fingerprint density at radius 1 is 1.05 bits per heavy atom. The number of nitrogens with one attached hydrogen (secondary N) is 2. The van der Waals surface area contributed by atoms with Crippen LogP contribution in [-0.4, -0.2) is 30.2 Å². The summed E-state index contributed by atoms with van der Waals surface area (Å²) in [5.41, 5.74) is 0.566. The number of urea groups is 1. The van der Waals surface area contributed by atoms with E-state index in [-0.39, 0.29) is 5.95 Å². The van der Waals surface area contributed by atoms with Crippen LogP contribution in [0.1, 0.15) is 0 Å². The zero-order valence-corrected chi connectivity index (χ0v) is 11.1. The molecule has 1 aromatic heterocycles. The Kier molecular flexibility index (Phi) is 4.33. The van der Waals surface area contributed by atoms with Crippen molar-refractivity contribution >= 4 is 17.7 Å². The van der Waals surface area contributed by atoms with Gasteiger partial charge < -0.3 is 14.8 Å². The lowest BCUT2D eigenvalue weighted by atomic mass is 10.3. The molecule has 2 N–H and O–H groups in total. The molecule has 0 saturated carbocycles. The maximum absolute atomic E-state index is 11.8. The number of hydrogen-bond acceptors (Lipinski definition) is 5. The lowest BCUT2D eigenvalue weighted by Gasteiger charge is -2.10. The summed E-state index contributed by atoms with van der Waals surface area (Å²) in [6.07, 6.45) is 3.08. The zero-order chi connectivity index (χ0) is 14.4. The van der Waals surface area contributed by atoms with Gasteiger partial charge >= 0.3 is 6.03 Å². The molecule has 7 nitrogen and oxygen atoms in total. The fourth-order valence-electron chi connectivity index (χ4n) is 1.54. The minimum absolute atomic E-state index is 0.227. The van der Waals surface area contributed by atoms with Gasteiger partial charge in [-0.25, -0.2) is 14.8 Å². The lowest BCUT2D eigenvalue weighted by molar-refractivity contribution is 0.262. The number of ether oxygens (including phenoxy) is 2. The van der Waals surface area contributed by atoms with Crippen molar-refractivity contribution in [1.82, 2.24) is 9.97 Å². The van der Waals surface area contributed by atoms with Crippen molar-refractivity contribution in [3.8, 4) is 11.5 Å². The summed E-state index contributed by atoms with van der Waals surface area (Å²) in [7, 11) is 3.07. The Bertz CT molecular complexity index is 589. The molecule has 104 valence electrons. The van der Waals surface area contributed by atoms with Gasteiger partial charge in [-0.15, -0.1) is 0 Å². The lowest BCUT2D eigenvalue weighted by Crippen LogP contribution is -2.20. The van der Waals surface area contributed by atoms with Crippen LogP contribution in [0.15, 0.2) is 36.7 Å². The molecular formula is C13H14N4O3. The van der Waals surface area contributed by atoms with Crippen molar-refractivity contribution in [2.45, 2.75) is 0 Å². The highest BCUT2D eigenvalue weighted by atomic mass is 16.5. The highest BCUT2D eigenvalue weighted by molar-refractivity contribution is 5.98. The number of rotatable bonds is 4. The minimum atomic E-state index is -0.441. The van der Waals surface area contributed by atoms with Gasteiger partial charge in [-0.2, -0.15) is 0 Å². The molecular weight excluding hydrogens is 260 g/mol. The quantitative estimate of drug-likeness (QED) is 0.892. The van der Waals surface area contributed by atoms with Crippen molar-refractivity contribution < 1.29 is 14.3 Å². The Hall–Kier alpha value is -2.83. The molecule has 0 radical (unpaired) electrons. The van der Waals surface area contributed by atoms with E-state index >= 15 is 0 Å². The van der Waals surface area contributed by atoms with Crippen molar-refractivity contribution in [1.29, 1.82) is 0 Å². The van der Waals surface area contributed by atoms with Gasteiger partial charge in [0.15, 0.2) is 11.5 Å². The van der Waals surface area contributed by atoms with Gasteiger partial charge in [0.1, 0.15) is 0 Å². The third-order valence-electron chi connectivity index (χ3n) is 2.43. The fraction of sp³-hybridized carbons (Fsp3) is 0.154. The Morgan fingerprint density at radius 3 is 2.40 bits per heavy atom. The van der Waals surface area contributed by atoms with E-state index in [1.165, 1.54) is 7.11 Å². The second-order valence-corrected chi connectivity index (χ2v) is 3.72. The topological polar surface area (TPSA) is 85.4 Å². The van der Waals surface area contributed by atoms with E-state index in [1.807, 2.05) is 0 Å². The van der Waals surface area contributed by atoms with Gasteiger partial charge in [-0.1, -0.05) is 0 Å². The SMILES string of the molecule is COc1ccc(NC(=O)Nc2ncccn2)cc1OC. The van der Waals surface area contributed by atoms with Crippen LogP contribution in [0, 0.1) is 0 Å². The molecule has 0 fully saturated rings. The van der Waals surface area contributed by atoms with E-state index in [4.69, 9.17) is 9.47 Å². The average Bonchev–Trinajstić information content (AvgIpc) is 2.48. The number of anilines is 2. The molecule has 2 rings (SSSR count). The van der Waals surface area contributed by atoms with Crippen LogP contribution in [-0.2, 0) is 0 Å². The molecule has 0 aliphatic rings. The summed E-state index contributed by atoms with van der Waals surface area (Å²) in [4.78, 5) is 19.5. The predicted molar refractivity (Wildman–Crippen MR) is 74.2 cm³/mol. The number of aromatic nitrogens is 2. The van der Waals surface area contributed by atoms with Crippen LogP contribution in [0.25, 0.3) is 0 Å². The van der Waals surface area contributed by atoms with Crippen LogP contribution in [0.2, 0.25) is 0 Å². The summed E-state index contributed by atoms with van der Waals surface area (Å²) in [5, 5.41) is 5.16. The molecule has 1 aromatic carbocycles. The van der Waals surface area contributed by atoms with E-state index in [2.05, 4.69) is 20.6 Å². The molecule has 2 amide bonds. The highest BCUT2D eigenvalue weighted by Gasteiger charge is 2.08. The second kappa shape index (κ2) is 6.37. The van der Waals surface area contributed by atoms with Crippen LogP contribution >= 0.6 is 0 Å². The number of carbonyl (C=O) groups excluding carboxylic acids is 1. The summed E-state index contributed by atoms with van der Waals surface area (Å²) in [6.45, 7) is 0. The number of amides is 2. The third-order valence-corrected chi connectivity index (χ3v) is 2.43. The van der Waals surface area contributed by atoms with Gasteiger partial charge in [-0.05, 0) is 18.2 Å². The van der Waals surface area contributed by atoms with Crippen molar-refractivity contribution in [3.05, 3.63) is 36.7 Å². The van der Waals surface area contributed by atoms with E-state index in [0.29, 0.717) is 17.2 Å². The normalized spacial score (nSPS) is 9.70. The first-order valence-electron chi connectivity index (χ1n) is 5.80. The van der Waals surface area contributed by atoms with Crippen molar-refractivity contribution in [2.75, 3.05) is 24.9 Å². The first kappa shape index (κ1) is 13.6. The molecule has 0 aliphatic heterocycles. The highest BCUT2D eigenvalue weighted by Crippen LogP contribution is 2.29. The molecule has 0 spiro atoms. The summed E-state index contributed by atoms with van der Waals surface area (Å²) < 4.78 is 10.3. The largest absolute Gasteiger partial charge is 0.493 e. The second-order valence-electron chi connectivity index (χ2n) is 3.72. The molecule has 20 heavy (non-hydrogen) atoms. The molecule has 0 unspecified atom stereocenters. The summed E-state index contributed by atoms with van der Waals surface area (Å²) >= 11 is 0.